The van der Waals surface area contributed by atoms with E-state index < -0.39 is 10.0 Å². The maximum Gasteiger partial charge on any atom is 0.244 e. The molecule has 8 heteroatoms. The van der Waals surface area contributed by atoms with Crippen molar-refractivity contribution in [2.75, 3.05) is 34.0 Å². The highest BCUT2D eigenvalue weighted by Crippen LogP contribution is 2.36. The minimum absolute atomic E-state index is 0.0273. The Kier molecular flexibility index (Phi) is 6.50. The fourth-order valence-electron chi connectivity index (χ4n) is 3.45. The van der Waals surface area contributed by atoms with Crippen LogP contribution < -0.4 is 14.2 Å². The molecule has 6 nitrogen and oxygen atoms in total. The molecule has 1 aliphatic heterocycles. The predicted molar refractivity (Wildman–Crippen MR) is 108 cm³/mol. The van der Waals surface area contributed by atoms with Crippen LogP contribution >= 0.6 is 11.6 Å². The number of methoxy groups -OCH3 is 2. The van der Waals surface area contributed by atoms with Gasteiger partial charge < -0.3 is 14.2 Å². The second-order valence-electron chi connectivity index (χ2n) is 6.74. The normalized spacial score (nSPS) is 16.5. The summed E-state index contributed by atoms with van der Waals surface area (Å²) in [6, 6.07) is 12.3. The van der Waals surface area contributed by atoms with Gasteiger partial charge in [0.15, 0.2) is 0 Å². The molecule has 0 amide bonds. The third-order valence-corrected chi connectivity index (χ3v) is 6.83. The quantitative estimate of drug-likeness (QED) is 0.736. The van der Waals surface area contributed by atoms with Crippen LogP contribution in [-0.2, 0) is 20.2 Å². The van der Waals surface area contributed by atoms with Gasteiger partial charge in [-0.1, -0.05) is 23.7 Å². The smallest absolute Gasteiger partial charge is 0.244 e. The summed E-state index contributed by atoms with van der Waals surface area (Å²) in [5.74, 6) is 1.01. The lowest BCUT2D eigenvalue weighted by Crippen LogP contribution is -2.44. The van der Waals surface area contributed by atoms with Gasteiger partial charge in [0.05, 0.1) is 14.2 Å². The van der Waals surface area contributed by atoms with Crippen molar-refractivity contribution in [3.63, 3.8) is 0 Å². The highest BCUT2D eigenvalue weighted by Gasteiger charge is 2.36. The zero-order valence-electron chi connectivity index (χ0n) is 15.9. The SMILES string of the molecule is COc1ccc(C2(CNS(=O)(=O)c3cc(Cl)ccc3OC)CCOCC2)cc1. The van der Waals surface area contributed by atoms with Crippen molar-refractivity contribution in [3.8, 4) is 11.5 Å². The third kappa shape index (κ3) is 4.43. The van der Waals surface area contributed by atoms with Crippen molar-refractivity contribution in [2.24, 2.45) is 0 Å². The second kappa shape index (κ2) is 8.69. The van der Waals surface area contributed by atoms with Crippen LogP contribution in [0.15, 0.2) is 47.4 Å². The molecule has 0 bridgehead atoms. The monoisotopic (exact) mass is 425 g/mol. The standard InChI is InChI=1S/C20H24ClNO5S/c1-25-17-6-3-15(4-7-17)20(9-11-27-12-10-20)14-22-28(23,24)19-13-16(21)5-8-18(19)26-2/h3-8,13,22H,9-12,14H2,1-2H3. The van der Waals surface area contributed by atoms with Gasteiger partial charge in [0.1, 0.15) is 16.4 Å². The molecular formula is C20H24ClNO5S. The van der Waals surface area contributed by atoms with Crippen LogP contribution in [0.5, 0.6) is 11.5 Å². The molecule has 2 aromatic carbocycles. The van der Waals surface area contributed by atoms with E-state index in [1.807, 2.05) is 24.3 Å². The van der Waals surface area contributed by atoms with E-state index in [9.17, 15) is 8.42 Å². The largest absolute Gasteiger partial charge is 0.497 e. The lowest BCUT2D eigenvalue weighted by atomic mass is 9.74. The molecule has 1 N–H and O–H groups in total. The van der Waals surface area contributed by atoms with E-state index in [0.29, 0.717) is 31.1 Å². The molecule has 0 saturated carbocycles. The topological polar surface area (TPSA) is 73.9 Å². The minimum Gasteiger partial charge on any atom is -0.497 e. The first kappa shape index (κ1) is 20.9. The lowest BCUT2D eigenvalue weighted by Gasteiger charge is -2.38. The number of sulfonamides is 1. The molecule has 0 unspecified atom stereocenters. The van der Waals surface area contributed by atoms with Crippen molar-refractivity contribution in [3.05, 3.63) is 53.1 Å². The first-order valence-electron chi connectivity index (χ1n) is 8.96. The molecule has 1 heterocycles. The summed E-state index contributed by atoms with van der Waals surface area (Å²) in [5, 5.41) is 0.331. The zero-order valence-corrected chi connectivity index (χ0v) is 17.5. The maximum absolute atomic E-state index is 13.0. The zero-order chi connectivity index (χ0) is 20.2. The van der Waals surface area contributed by atoms with Crippen molar-refractivity contribution in [2.45, 2.75) is 23.2 Å². The van der Waals surface area contributed by atoms with Crippen LogP contribution in [0.3, 0.4) is 0 Å². The molecule has 1 aliphatic rings. The number of ether oxygens (including phenoxy) is 3. The minimum atomic E-state index is -3.81. The Hall–Kier alpha value is -1.80. The highest BCUT2D eigenvalue weighted by molar-refractivity contribution is 7.89. The molecule has 1 saturated heterocycles. The summed E-state index contributed by atoms with van der Waals surface area (Å²) in [7, 11) is -0.762. The Labute approximate surface area is 170 Å². The number of halogens is 1. The van der Waals surface area contributed by atoms with Gasteiger partial charge in [-0.25, -0.2) is 13.1 Å². The van der Waals surface area contributed by atoms with Crippen LogP contribution in [0.25, 0.3) is 0 Å². The summed E-state index contributed by atoms with van der Waals surface area (Å²) < 4.78 is 44.7. The van der Waals surface area contributed by atoms with Crippen LogP contribution in [0.2, 0.25) is 5.02 Å². The fraction of sp³-hybridized carbons (Fsp3) is 0.400. The van der Waals surface area contributed by atoms with Gasteiger partial charge in [0.25, 0.3) is 0 Å². The average molecular weight is 426 g/mol. The first-order valence-corrected chi connectivity index (χ1v) is 10.8. The van der Waals surface area contributed by atoms with Crippen molar-refractivity contribution in [1.82, 2.24) is 4.72 Å². The van der Waals surface area contributed by atoms with E-state index in [1.54, 1.807) is 19.2 Å². The second-order valence-corrected chi connectivity index (χ2v) is 8.91. The summed E-state index contributed by atoms with van der Waals surface area (Å²) in [5.41, 5.74) is 0.695. The summed E-state index contributed by atoms with van der Waals surface area (Å²) >= 11 is 6.00. The number of nitrogens with one attached hydrogen (secondary N) is 1. The summed E-state index contributed by atoms with van der Waals surface area (Å²) in [6.07, 6.45) is 1.43. The number of hydrogen-bond donors (Lipinski definition) is 1. The number of hydrogen-bond acceptors (Lipinski definition) is 5. The lowest BCUT2D eigenvalue weighted by molar-refractivity contribution is 0.0517. The van der Waals surface area contributed by atoms with Gasteiger partial charge in [-0.2, -0.15) is 0 Å². The Bertz CT molecular complexity index is 909. The van der Waals surface area contributed by atoms with Crippen molar-refractivity contribution < 1.29 is 22.6 Å². The van der Waals surface area contributed by atoms with Gasteiger partial charge in [0.2, 0.25) is 10.0 Å². The number of benzene rings is 2. The Balaban J connectivity index is 1.88. The van der Waals surface area contributed by atoms with E-state index >= 15 is 0 Å². The molecule has 0 radical (unpaired) electrons. The van der Waals surface area contributed by atoms with Gasteiger partial charge >= 0.3 is 0 Å². The molecule has 0 spiro atoms. The third-order valence-electron chi connectivity index (χ3n) is 5.17. The number of rotatable bonds is 7. The van der Waals surface area contributed by atoms with Gasteiger partial charge in [-0.3, -0.25) is 0 Å². The van der Waals surface area contributed by atoms with Crippen LogP contribution in [-0.4, -0.2) is 42.4 Å². The predicted octanol–water partition coefficient (Wildman–Crippen LogP) is 3.38. The molecule has 152 valence electrons. The Morgan fingerprint density at radius 3 is 2.36 bits per heavy atom. The van der Waals surface area contributed by atoms with E-state index in [1.165, 1.54) is 13.2 Å². The van der Waals surface area contributed by atoms with Gasteiger partial charge in [-0.05, 0) is 48.7 Å². The summed E-state index contributed by atoms with van der Waals surface area (Å²) in [6.45, 7) is 1.41. The van der Waals surface area contributed by atoms with Gasteiger partial charge in [0, 0.05) is 30.2 Å². The fourth-order valence-corrected chi connectivity index (χ4v) is 5.00. The van der Waals surface area contributed by atoms with Crippen molar-refractivity contribution >= 4 is 21.6 Å². The Morgan fingerprint density at radius 1 is 1.07 bits per heavy atom. The molecule has 1 fully saturated rings. The first-order chi connectivity index (χ1) is 13.4. The molecule has 0 aromatic heterocycles. The van der Waals surface area contributed by atoms with E-state index in [-0.39, 0.29) is 22.6 Å². The maximum atomic E-state index is 13.0. The molecule has 3 rings (SSSR count). The molecule has 0 aliphatic carbocycles. The van der Waals surface area contributed by atoms with Crippen molar-refractivity contribution in [1.29, 1.82) is 0 Å². The molecule has 28 heavy (non-hydrogen) atoms. The van der Waals surface area contributed by atoms with Crippen LogP contribution in [0, 0.1) is 0 Å². The molecule has 2 aromatic rings. The van der Waals surface area contributed by atoms with E-state index in [4.69, 9.17) is 25.8 Å². The Morgan fingerprint density at radius 2 is 1.75 bits per heavy atom. The van der Waals surface area contributed by atoms with E-state index in [0.717, 1.165) is 11.3 Å². The highest BCUT2D eigenvalue weighted by atomic mass is 35.5. The average Bonchev–Trinajstić information content (AvgIpc) is 2.73. The molecule has 0 atom stereocenters. The summed E-state index contributed by atoms with van der Waals surface area (Å²) in [4.78, 5) is 0.0273. The van der Waals surface area contributed by atoms with E-state index in [2.05, 4.69) is 4.72 Å². The van der Waals surface area contributed by atoms with Crippen LogP contribution in [0.4, 0.5) is 0 Å². The van der Waals surface area contributed by atoms with Crippen LogP contribution in [0.1, 0.15) is 18.4 Å². The molecular weight excluding hydrogens is 402 g/mol. The van der Waals surface area contributed by atoms with Gasteiger partial charge in [-0.15, -0.1) is 0 Å².